The normalized spacial score (nSPS) is 17.4. The molecule has 1 aliphatic rings. The van der Waals surface area contributed by atoms with E-state index in [1.165, 1.54) is 24.2 Å². The van der Waals surface area contributed by atoms with Crippen molar-refractivity contribution >= 4 is 41.3 Å². The lowest BCUT2D eigenvalue weighted by molar-refractivity contribution is -0.123. The number of nitrogens with one attached hydrogen (secondary N) is 1. The molecule has 2 rings (SSSR count). The molecule has 1 aliphatic carbocycles. The fourth-order valence-corrected chi connectivity index (χ4v) is 3.23. The Morgan fingerprint density at radius 1 is 1.58 bits per heavy atom. The predicted molar refractivity (Wildman–Crippen MR) is 83.2 cm³/mol. The van der Waals surface area contributed by atoms with E-state index in [0.29, 0.717) is 18.9 Å². The molecule has 1 saturated carbocycles. The van der Waals surface area contributed by atoms with Gasteiger partial charge in [0.15, 0.2) is 0 Å². The summed E-state index contributed by atoms with van der Waals surface area (Å²) < 4.78 is 0.773. The number of aryl methyl sites for hydroxylation is 1. The monoisotopic (exact) mass is 322 g/mol. The van der Waals surface area contributed by atoms with Crippen LogP contribution in [0.4, 0.5) is 0 Å². The Kier molecular flexibility index (Phi) is 6.12. The van der Waals surface area contributed by atoms with Gasteiger partial charge in [0.2, 0.25) is 5.91 Å². The van der Waals surface area contributed by atoms with E-state index < -0.39 is 0 Å². The van der Waals surface area contributed by atoms with Gasteiger partial charge in [0.1, 0.15) is 0 Å². The van der Waals surface area contributed by atoms with E-state index in [0.717, 1.165) is 15.6 Å². The molecule has 0 saturated heterocycles. The molecule has 1 fully saturated rings. The number of hydrogen-bond donors (Lipinski definition) is 2. The second kappa shape index (κ2) is 6.93. The van der Waals surface area contributed by atoms with Gasteiger partial charge in [0, 0.05) is 17.8 Å². The highest BCUT2D eigenvalue weighted by atomic mass is 35.5. The number of rotatable bonds is 6. The predicted octanol–water partition coefficient (Wildman–Crippen LogP) is 3.00. The summed E-state index contributed by atoms with van der Waals surface area (Å²) in [5.41, 5.74) is 5.56. The van der Waals surface area contributed by atoms with Gasteiger partial charge >= 0.3 is 0 Å². The van der Waals surface area contributed by atoms with Gasteiger partial charge in [-0.3, -0.25) is 4.79 Å². The molecule has 0 radical (unpaired) electrons. The van der Waals surface area contributed by atoms with Crippen LogP contribution in [0.15, 0.2) is 12.1 Å². The zero-order valence-corrected chi connectivity index (χ0v) is 13.3. The summed E-state index contributed by atoms with van der Waals surface area (Å²) in [6, 6.07) is 3.84. The maximum absolute atomic E-state index is 11.9. The first-order chi connectivity index (χ1) is 8.53. The SMILES string of the molecule is CC(CN)(NC(=O)CCc1ccc(Cl)s1)C1CC1.Cl. The van der Waals surface area contributed by atoms with Crippen molar-refractivity contribution in [3.05, 3.63) is 21.3 Å². The zero-order valence-electron chi connectivity index (χ0n) is 10.9. The van der Waals surface area contributed by atoms with Crippen LogP contribution in [0, 0.1) is 5.92 Å². The van der Waals surface area contributed by atoms with Crippen LogP contribution in [0.2, 0.25) is 4.34 Å². The molecule has 1 heterocycles. The minimum absolute atomic E-state index is 0. The third kappa shape index (κ3) is 4.63. The Balaban J connectivity index is 0.00000180. The molecule has 0 aliphatic heterocycles. The van der Waals surface area contributed by atoms with Crippen molar-refractivity contribution in [2.24, 2.45) is 11.7 Å². The van der Waals surface area contributed by atoms with Gasteiger partial charge in [0.25, 0.3) is 0 Å². The van der Waals surface area contributed by atoms with E-state index in [1.54, 1.807) is 0 Å². The first-order valence-corrected chi connectivity index (χ1v) is 7.48. The molecular weight excluding hydrogens is 303 g/mol. The number of nitrogens with two attached hydrogens (primary N) is 1. The molecular formula is C13H20Cl2N2OS. The van der Waals surface area contributed by atoms with E-state index >= 15 is 0 Å². The first-order valence-electron chi connectivity index (χ1n) is 6.29. The summed E-state index contributed by atoms with van der Waals surface area (Å²) >= 11 is 7.39. The maximum Gasteiger partial charge on any atom is 0.220 e. The molecule has 0 aromatic carbocycles. The lowest BCUT2D eigenvalue weighted by Gasteiger charge is -2.29. The second-order valence-corrected chi connectivity index (χ2v) is 6.95. The van der Waals surface area contributed by atoms with Gasteiger partial charge in [-0.25, -0.2) is 0 Å². The van der Waals surface area contributed by atoms with Gasteiger partial charge in [-0.05, 0) is 44.2 Å². The number of hydrogen-bond acceptors (Lipinski definition) is 3. The van der Waals surface area contributed by atoms with Crippen molar-refractivity contribution in [3.8, 4) is 0 Å². The van der Waals surface area contributed by atoms with Gasteiger partial charge in [-0.15, -0.1) is 23.7 Å². The van der Waals surface area contributed by atoms with Crippen molar-refractivity contribution < 1.29 is 4.79 Å². The molecule has 3 nitrogen and oxygen atoms in total. The van der Waals surface area contributed by atoms with Gasteiger partial charge in [-0.1, -0.05) is 11.6 Å². The van der Waals surface area contributed by atoms with Gasteiger partial charge in [0.05, 0.1) is 9.88 Å². The Labute approximate surface area is 129 Å². The minimum Gasteiger partial charge on any atom is -0.349 e. The third-order valence-electron chi connectivity index (χ3n) is 3.55. The van der Waals surface area contributed by atoms with Crippen molar-refractivity contribution in [1.82, 2.24) is 5.32 Å². The minimum atomic E-state index is -0.218. The van der Waals surface area contributed by atoms with Crippen molar-refractivity contribution in [3.63, 3.8) is 0 Å². The molecule has 108 valence electrons. The van der Waals surface area contributed by atoms with E-state index in [2.05, 4.69) is 5.32 Å². The number of amides is 1. The largest absolute Gasteiger partial charge is 0.349 e. The Morgan fingerprint density at radius 2 is 2.26 bits per heavy atom. The van der Waals surface area contributed by atoms with E-state index in [4.69, 9.17) is 17.3 Å². The molecule has 19 heavy (non-hydrogen) atoms. The van der Waals surface area contributed by atoms with Crippen molar-refractivity contribution in [2.75, 3.05) is 6.54 Å². The van der Waals surface area contributed by atoms with Crippen LogP contribution in [0.25, 0.3) is 0 Å². The summed E-state index contributed by atoms with van der Waals surface area (Å²) in [7, 11) is 0. The quantitative estimate of drug-likeness (QED) is 0.845. The first kappa shape index (κ1) is 16.8. The lowest BCUT2D eigenvalue weighted by Crippen LogP contribution is -2.53. The van der Waals surface area contributed by atoms with E-state index in [9.17, 15) is 4.79 Å². The highest BCUT2D eigenvalue weighted by molar-refractivity contribution is 7.16. The second-order valence-electron chi connectivity index (χ2n) is 5.15. The molecule has 1 unspecified atom stereocenters. The molecule has 6 heteroatoms. The van der Waals surface area contributed by atoms with E-state index in [-0.39, 0.29) is 23.9 Å². The third-order valence-corrected chi connectivity index (χ3v) is 4.85. The fourth-order valence-electron chi connectivity index (χ4n) is 2.14. The molecule has 1 amide bonds. The molecule has 1 aromatic rings. The highest BCUT2D eigenvalue weighted by Gasteiger charge is 2.41. The standard InChI is InChI=1S/C13H19ClN2OS.ClH/c1-13(8-15,9-2-3-9)16-12(17)7-5-10-4-6-11(14)18-10;/h4,6,9H,2-3,5,7-8,15H2,1H3,(H,16,17);1H. The summed E-state index contributed by atoms with van der Waals surface area (Å²) in [5, 5.41) is 3.09. The van der Waals surface area contributed by atoms with Crippen LogP contribution in [0.5, 0.6) is 0 Å². The number of carbonyl (C=O) groups excluding carboxylic acids is 1. The van der Waals surface area contributed by atoms with Gasteiger partial charge in [-0.2, -0.15) is 0 Å². The molecule has 1 aromatic heterocycles. The summed E-state index contributed by atoms with van der Waals surface area (Å²) in [6.45, 7) is 2.55. The van der Waals surface area contributed by atoms with E-state index in [1.807, 2.05) is 19.1 Å². The average molecular weight is 323 g/mol. The summed E-state index contributed by atoms with van der Waals surface area (Å²) in [6.07, 6.45) is 3.59. The molecule has 3 N–H and O–H groups in total. The highest BCUT2D eigenvalue weighted by Crippen LogP contribution is 2.39. The Hall–Kier alpha value is -0.290. The molecule has 0 spiro atoms. The Morgan fingerprint density at radius 3 is 2.74 bits per heavy atom. The smallest absolute Gasteiger partial charge is 0.220 e. The summed E-state index contributed by atoms with van der Waals surface area (Å²) in [4.78, 5) is 13.1. The van der Waals surface area contributed by atoms with Crippen LogP contribution < -0.4 is 11.1 Å². The van der Waals surface area contributed by atoms with Crippen LogP contribution in [-0.4, -0.2) is 18.0 Å². The van der Waals surface area contributed by atoms with Crippen LogP contribution in [-0.2, 0) is 11.2 Å². The average Bonchev–Trinajstić information content (AvgIpc) is 3.11. The Bertz CT molecular complexity index is 434. The lowest BCUT2D eigenvalue weighted by atomic mass is 9.95. The van der Waals surface area contributed by atoms with Crippen molar-refractivity contribution in [1.29, 1.82) is 0 Å². The fraction of sp³-hybridized carbons (Fsp3) is 0.615. The van der Waals surface area contributed by atoms with Crippen LogP contribution in [0.3, 0.4) is 0 Å². The summed E-state index contributed by atoms with van der Waals surface area (Å²) in [5.74, 6) is 0.641. The topological polar surface area (TPSA) is 55.1 Å². The number of halogens is 2. The van der Waals surface area contributed by atoms with Crippen LogP contribution in [0.1, 0.15) is 31.1 Å². The maximum atomic E-state index is 11.9. The number of carbonyl (C=O) groups is 1. The molecule has 1 atom stereocenters. The molecule has 0 bridgehead atoms. The van der Waals surface area contributed by atoms with Crippen LogP contribution >= 0.6 is 35.3 Å². The number of thiophene rings is 1. The zero-order chi connectivity index (χ0) is 13.2. The van der Waals surface area contributed by atoms with Crippen molar-refractivity contribution in [2.45, 2.75) is 38.1 Å². The van der Waals surface area contributed by atoms with Gasteiger partial charge < -0.3 is 11.1 Å².